The number of imide groups is 1. The number of nitrogens with one attached hydrogen (secondary N) is 2. The molecule has 0 radical (unpaired) electrons. The van der Waals surface area contributed by atoms with Crippen molar-refractivity contribution in [3.63, 3.8) is 0 Å². The zero-order valence-electron chi connectivity index (χ0n) is 19.2. The summed E-state index contributed by atoms with van der Waals surface area (Å²) >= 11 is 0. The maximum Gasteiger partial charge on any atom is 0.325 e. The number of carbonyl (C=O) groups excluding carboxylic acids is 3. The Bertz CT molecular complexity index is 1220. The van der Waals surface area contributed by atoms with Crippen molar-refractivity contribution in [2.75, 3.05) is 11.9 Å². The number of hydrogen-bond acceptors (Lipinski definition) is 4. The molecule has 0 spiro atoms. The van der Waals surface area contributed by atoms with Crippen molar-refractivity contribution >= 4 is 23.5 Å². The lowest BCUT2D eigenvalue weighted by molar-refractivity contribution is -0.134. The Balaban J connectivity index is 1.53. The van der Waals surface area contributed by atoms with Crippen molar-refractivity contribution in [1.29, 1.82) is 0 Å². The van der Waals surface area contributed by atoms with Gasteiger partial charge in [-0.2, -0.15) is 5.10 Å². The number of aryl methyl sites for hydroxylation is 2. The van der Waals surface area contributed by atoms with Crippen LogP contribution in [0, 0.1) is 20.8 Å². The second kappa shape index (κ2) is 8.54. The van der Waals surface area contributed by atoms with E-state index in [-0.39, 0.29) is 6.54 Å². The van der Waals surface area contributed by atoms with E-state index in [1.54, 1.807) is 23.7 Å². The summed E-state index contributed by atoms with van der Waals surface area (Å²) in [6.45, 7) is 7.13. The molecule has 1 aliphatic heterocycles. The van der Waals surface area contributed by atoms with Crippen LogP contribution in [0.5, 0.6) is 0 Å². The van der Waals surface area contributed by atoms with Crippen LogP contribution in [0.4, 0.5) is 10.5 Å². The van der Waals surface area contributed by atoms with Gasteiger partial charge < -0.3 is 10.6 Å². The number of amides is 4. The van der Waals surface area contributed by atoms with E-state index >= 15 is 0 Å². The molecule has 4 amide bonds. The topological polar surface area (TPSA) is 96.3 Å². The quantitative estimate of drug-likeness (QED) is 0.567. The molecule has 1 fully saturated rings. The average Bonchev–Trinajstić information content (AvgIpc) is 3.23. The van der Waals surface area contributed by atoms with Gasteiger partial charge in [0.05, 0.1) is 22.8 Å². The molecule has 33 heavy (non-hydrogen) atoms. The minimum absolute atomic E-state index is 0.376. The molecule has 0 saturated carbocycles. The molecule has 2 heterocycles. The Hall–Kier alpha value is -3.94. The summed E-state index contributed by atoms with van der Waals surface area (Å²) in [5, 5.41) is 10.2. The van der Waals surface area contributed by atoms with E-state index < -0.39 is 23.4 Å². The van der Waals surface area contributed by atoms with Crippen molar-refractivity contribution in [2.24, 2.45) is 0 Å². The first kappa shape index (κ1) is 22.3. The van der Waals surface area contributed by atoms with Crippen LogP contribution in [0.1, 0.15) is 35.9 Å². The van der Waals surface area contributed by atoms with Crippen molar-refractivity contribution in [2.45, 2.75) is 39.7 Å². The number of aromatic nitrogens is 2. The van der Waals surface area contributed by atoms with Gasteiger partial charge in [-0.25, -0.2) is 9.48 Å². The van der Waals surface area contributed by atoms with Gasteiger partial charge in [0.2, 0.25) is 5.91 Å². The minimum Gasteiger partial charge on any atom is -0.321 e. The highest BCUT2D eigenvalue weighted by molar-refractivity contribution is 6.10. The Kier molecular flexibility index (Phi) is 5.76. The van der Waals surface area contributed by atoms with Gasteiger partial charge in [0, 0.05) is 0 Å². The Morgan fingerprint density at radius 2 is 1.70 bits per heavy atom. The number of urea groups is 1. The van der Waals surface area contributed by atoms with Crippen LogP contribution in [0.25, 0.3) is 5.69 Å². The van der Waals surface area contributed by atoms with Crippen molar-refractivity contribution < 1.29 is 14.4 Å². The molecule has 2 aromatic carbocycles. The smallest absolute Gasteiger partial charge is 0.321 e. The van der Waals surface area contributed by atoms with E-state index in [0.717, 1.165) is 21.8 Å². The molecule has 1 unspecified atom stereocenters. The first-order chi connectivity index (χ1) is 15.8. The first-order valence-corrected chi connectivity index (χ1v) is 10.9. The summed E-state index contributed by atoms with van der Waals surface area (Å²) in [5.74, 6) is -0.895. The predicted molar refractivity (Wildman–Crippen MR) is 125 cm³/mol. The van der Waals surface area contributed by atoms with E-state index in [1.165, 1.54) is 0 Å². The Morgan fingerprint density at radius 3 is 2.33 bits per heavy atom. The fourth-order valence-electron chi connectivity index (χ4n) is 4.22. The van der Waals surface area contributed by atoms with Gasteiger partial charge in [0.15, 0.2) is 0 Å². The molecule has 1 aromatic heterocycles. The van der Waals surface area contributed by atoms with Gasteiger partial charge in [-0.15, -0.1) is 0 Å². The van der Waals surface area contributed by atoms with Crippen LogP contribution in [0.15, 0.2) is 54.6 Å². The highest BCUT2D eigenvalue weighted by Crippen LogP contribution is 2.32. The van der Waals surface area contributed by atoms with Crippen LogP contribution in [0.2, 0.25) is 0 Å². The zero-order chi connectivity index (χ0) is 23.8. The number of anilines is 1. The second-order valence-corrected chi connectivity index (χ2v) is 8.29. The summed E-state index contributed by atoms with van der Waals surface area (Å²) in [5.41, 5.74) is 3.52. The Morgan fingerprint density at radius 1 is 1.03 bits per heavy atom. The lowest BCUT2D eigenvalue weighted by Gasteiger charge is -2.25. The maximum atomic E-state index is 13.3. The molecule has 3 aromatic rings. The van der Waals surface area contributed by atoms with Gasteiger partial charge in [-0.3, -0.25) is 14.5 Å². The highest BCUT2D eigenvalue weighted by Gasteiger charge is 2.51. The predicted octanol–water partition coefficient (Wildman–Crippen LogP) is 3.59. The van der Waals surface area contributed by atoms with Crippen LogP contribution in [0.3, 0.4) is 0 Å². The molecule has 170 valence electrons. The number of nitrogens with zero attached hydrogens (tertiary/aromatic N) is 3. The molecule has 8 nitrogen and oxygen atoms in total. The standard InChI is InChI=1S/C25H27N5O3/c1-5-25(19-9-7-6-8-10-19)23(32)29(24(33)27-25)15-21(31)26-22-17(3)28-30(18(22)4)20-13-11-16(2)12-14-20/h6-14H,5,15H2,1-4H3,(H,26,31)(H,27,33). The molecular weight excluding hydrogens is 418 g/mol. The first-order valence-electron chi connectivity index (χ1n) is 10.9. The van der Waals surface area contributed by atoms with Crippen molar-refractivity contribution in [3.8, 4) is 5.69 Å². The summed E-state index contributed by atoms with van der Waals surface area (Å²) in [4.78, 5) is 39.8. The molecule has 8 heteroatoms. The molecule has 2 N–H and O–H groups in total. The fourth-order valence-corrected chi connectivity index (χ4v) is 4.22. The third-order valence-electron chi connectivity index (χ3n) is 6.11. The summed E-state index contributed by atoms with van der Waals surface area (Å²) in [7, 11) is 0. The van der Waals surface area contributed by atoms with Gasteiger partial charge >= 0.3 is 6.03 Å². The third kappa shape index (κ3) is 3.88. The second-order valence-electron chi connectivity index (χ2n) is 8.29. The molecule has 4 rings (SSSR count). The average molecular weight is 446 g/mol. The van der Waals surface area contributed by atoms with E-state index in [4.69, 9.17) is 0 Å². The zero-order valence-corrected chi connectivity index (χ0v) is 19.2. The van der Waals surface area contributed by atoms with E-state index in [0.29, 0.717) is 23.4 Å². The number of rotatable bonds is 6. The fraction of sp³-hybridized carbons (Fsp3) is 0.280. The molecular formula is C25H27N5O3. The van der Waals surface area contributed by atoms with Crippen LogP contribution in [-0.2, 0) is 15.1 Å². The maximum absolute atomic E-state index is 13.3. The molecule has 1 saturated heterocycles. The Labute approximate surface area is 192 Å². The van der Waals surface area contributed by atoms with Gasteiger partial charge in [-0.05, 0) is 44.9 Å². The van der Waals surface area contributed by atoms with Crippen LogP contribution >= 0.6 is 0 Å². The van der Waals surface area contributed by atoms with Gasteiger partial charge in [0.25, 0.3) is 5.91 Å². The minimum atomic E-state index is -1.17. The van der Waals surface area contributed by atoms with Crippen LogP contribution in [-0.4, -0.2) is 39.1 Å². The number of hydrogen-bond donors (Lipinski definition) is 2. The highest BCUT2D eigenvalue weighted by atomic mass is 16.2. The molecule has 0 aliphatic carbocycles. The summed E-state index contributed by atoms with van der Waals surface area (Å²) < 4.78 is 1.76. The van der Waals surface area contributed by atoms with Gasteiger partial charge in [-0.1, -0.05) is 55.0 Å². The largest absolute Gasteiger partial charge is 0.325 e. The summed E-state index contributed by atoms with van der Waals surface area (Å²) in [6.07, 6.45) is 0.376. The van der Waals surface area contributed by atoms with E-state index in [2.05, 4.69) is 15.7 Å². The lowest BCUT2D eigenvalue weighted by atomic mass is 9.87. The van der Waals surface area contributed by atoms with Gasteiger partial charge in [0.1, 0.15) is 12.1 Å². The number of carbonyl (C=O) groups is 3. The van der Waals surface area contributed by atoms with Crippen LogP contribution < -0.4 is 10.6 Å². The van der Waals surface area contributed by atoms with E-state index in [9.17, 15) is 14.4 Å². The SMILES string of the molecule is CCC1(c2ccccc2)NC(=O)N(CC(=O)Nc2c(C)nn(-c3ccc(C)cc3)c2C)C1=O. The normalized spacial score (nSPS) is 17.9. The third-order valence-corrected chi connectivity index (χ3v) is 6.11. The summed E-state index contributed by atoms with van der Waals surface area (Å²) in [6, 6.07) is 16.4. The van der Waals surface area contributed by atoms with Crippen molar-refractivity contribution in [1.82, 2.24) is 20.0 Å². The monoisotopic (exact) mass is 445 g/mol. The van der Waals surface area contributed by atoms with E-state index in [1.807, 2.05) is 63.2 Å². The molecule has 0 bridgehead atoms. The molecule has 1 atom stereocenters. The molecule has 1 aliphatic rings. The van der Waals surface area contributed by atoms with Crippen molar-refractivity contribution in [3.05, 3.63) is 77.1 Å². The number of benzene rings is 2. The lowest BCUT2D eigenvalue weighted by Crippen LogP contribution is -2.44.